The Bertz CT molecular complexity index is 803. The quantitative estimate of drug-likeness (QED) is 0.741. The number of anilines is 1. The number of nitrogens with zero attached hydrogens (tertiary/aromatic N) is 4. The van der Waals surface area contributed by atoms with Gasteiger partial charge in [0.1, 0.15) is 11.5 Å². The van der Waals surface area contributed by atoms with Crippen molar-refractivity contribution in [2.24, 2.45) is 5.92 Å². The Balaban J connectivity index is 1.38. The van der Waals surface area contributed by atoms with Gasteiger partial charge >= 0.3 is 5.97 Å². The normalized spacial score (nSPS) is 21.7. The van der Waals surface area contributed by atoms with Crippen molar-refractivity contribution >= 4 is 11.8 Å². The summed E-state index contributed by atoms with van der Waals surface area (Å²) in [6, 6.07) is 8.30. The molecule has 0 unspecified atom stereocenters. The van der Waals surface area contributed by atoms with Gasteiger partial charge in [0.25, 0.3) is 0 Å². The van der Waals surface area contributed by atoms with Gasteiger partial charge in [-0.05, 0) is 50.7 Å². The Morgan fingerprint density at radius 1 is 1.30 bits per heavy atom. The van der Waals surface area contributed by atoms with Crippen LogP contribution in [0, 0.1) is 12.8 Å². The highest BCUT2D eigenvalue weighted by atomic mass is 16.4. The third-order valence-electron chi connectivity index (χ3n) is 5.26. The van der Waals surface area contributed by atoms with Crippen LogP contribution >= 0.6 is 0 Å². The molecule has 0 aliphatic heterocycles. The number of aliphatic carboxylic acids is 1. The summed E-state index contributed by atoms with van der Waals surface area (Å²) < 4.78 is 0. The van der Waals surface area contributed by atoms with Crippen molar-refractivity contribution in [1.29, 1.82) is 0 Å². The molecule has 0 aromatic carbocycles. The SMILES string of the molecule is Cc1cc(NC2CC(N(CC(=O)O)CC3CC3)C2)nc(-c2ccccn2)n1. The van der Waals surface area contributed by atoms with Crippen LogP contribution in [0.3, 0.4) is 0 Å². The fraction of sp³-hybridized carbons (Fsp3) is 0.500. The molecule has 7 heteroatoms. The zero-order chi connectivity index (χ0) is 18.8. The third kappa shape index (κ3) is 4.60. The van der Waals surface area contributed by atoms with Crippen LogP contribution in [-0.2, 0) is 4.79 Å². The highest BCUT2D eigenvalue weighted by molar-refractivity contribution is 5.69. The van der Waals surface area contributed by atoms with Crippen LogP contribution in [0.1, 0.15) is 31.4 Å². The number of hydrogen-bond acceptors (Lipinski definition) is 6. The number of aromatic nitrogens is 3. The van der Waals surface area contributed by atoms with Crippen LogP contribution in [-0.4, -0.2) is 56.1 Å². The van der Waals surface area contributed by atoms with E-state index < -0.39 is 5.97 Å². The summed E-state index contributed by atoms with van der Waals surface area (Å²) in [6.07, 6.45) is 6.10. The minimum absolute atomic E-state index is 0.143. The lowest BCUT2D eigenvalue weighted by Gasteiger charge is -2.43. The van der Waals surface area contributed by atoms with E-state index in [0.717, 1.165) is 36.6 Å². The Labute approximate surface area is 158 Å². The van der Waals surface area contributed by atoms with Crippen molar-refractivity contribution in [1.82, 2.24) is 19.9 Å². The molecule has 0 atom stereocenters. The van der Waals surface area contributed by atoms with Crippen molar-refractivity contribution in [2.45, 2.75) is 44.7 Å². The summed E-state index contributed by atoms with van der Waals surface area (Å²) in [5.41, 5.74) is 1.65. The first-order valence-corrected chi connectivity index (χ1v) is 9.56. The number of carboxylic acids is 1. The van der Waals surface area contributed by atoms with E-state index in [-0.39, 0.29) is 6.54 Å². The Morgan fingerprint density at radius 2 is 2.11 bits per heavy atom. The van der Waals surface area contributed by atoms with E-state index in [4.69, 9.17) is 0 Å². The number of hydrogen-bond donors (Lipinski definition) is 2. The molecule has 0 spiro atoms. The maximum absolute atomic E-state index is 11.2. The van der Waals surface area contributed by atoms with Gasteiger partial charge in [-0.1, -0.05) is 6.07 Å². The second kappa shape index (κ2) is 7.60. The van der Waals surface area contributed by atoms with Gasteiger partial charge in [0.2, 0.25) is 0 Å². The molecule has 2 aliphatic rings. The average molecular weight is 367 g/mol. The van der Waals surface area contributed by atoms with Crippen LogP contribution in [0.25, 0.3) is 11.5 Å². The standard InChI is InChI=1S/C20H25N5O2/c1-13-8-18(24-20(22-13)17-4-2-3-7-21-17)23-15-9-16(10-15)25(12-19(26)27)11-14-5-6-14/h2-4,7-8,14-16H,5-6,9-12H2,1H3,(H,26,27)(H,22,23,24). The van der Waals surface area contributed by atoms with Crippen molar-refractivity contribution in [2.75, 3.05) is 18.4 Å². The molecule has 0 amide bonds. The molecule has 7 nitrogen and oxygen atoms in total. The largest absolute Gasteiger partial charge is 0.480 e. The van der Waals surface area contributed by atoms with E-state index in [2.05, 4.69) is 25.2 Å². The zero-order valence-corrected chi connectivity index (χ0v) is 15.5. The molecule has 4 rings (SSSR count). The number of rotatable bonds is 8. The maximum Gasteiger partial charge on any atom is 0.317 e. The van der Waals surface area contributed by atoms with Gasteiger partial charge in [-0.3, -0.25) is 14.7 Å². The van der Waals surface area contributed by atoms with Crippen LogP contribution in [0.15, 0.2) is 30.5 Å². The van der Waals surface area contributed by atoms with Crippen molar-refractivity contribution in [3.63, 3.8) is 0 Å². The van der Waals surface area contributed by atoms with E-state index in [9.17, 15) is 9.90 Å². The first kappa shape index (κ1) is 17.9. The van der Waals surface area contributed by atoms with E-state index in [1.54, 1.807) is 6.20 Å². The third-order valence-corrected chi connectivity index (χ3v) is 5.26. The Morgan fingerprint density at radius 3 is 2.78 bits per heavy atom. The van der Waals surface area contributed by atoms with Gasteiger partial charge in [0.05, 0.1) is 6.54 Å². The van der Waals surface area contributed by atoms with Crippen LogP contribution in [0.5, 0.6) is 0 Å². The Hall–Kier alpha value is -2.54. The van der Waals surface area contributed by atoms with Crippen molar-refractivity contribution < 1.29 is 9.90 Å². The van der Waals surface area contributed by atoms with E-state index in [1.165, 1.54) is 12.8 Å². The molecule has 2 fully saturated rings. The topological polar surface area (TPSA) is 91.2 Å². The lowest BCUT2D eigenvalue weighted by Crippen LogP contribution is -2.52. The number of carboxylic acid groups (broad SMARTS) is 1. The minimum Gasteiger partial charge on any atom is -0.480 e. The van der Waals surface area contributed by atoms with Gasteiger partial charge in [0.15, 0.2) is 5.82 Å². The molecule has 2 aromatic rings. The fourth-order valence-corrected chi connectivity index (χ4v) is 3.61. The molecule has 0 radical (unpaired) electrons. The molecular weight excluding hydrogens is 342 g/mol. The summed E-state index contributed by atoms with van der Waals surface area (Å²) >= 11 is 0. The number of carbonyl (C=O) groups is 1. The van der Waals surface area contributed by atoms with E-state index in [0.29, 0.717) is 23.8 Å². The predicted molar refractivity (Wildman–Crippen MR) is 102 cm³/mol. The predicted octanol–water partition coefficient (Wildman–Crippen LogP) is 2.59. The maximum atomic E-state index is 11.2. The summed E-state index contributed by atoms with van der Waals surface area (Å²) in [5.74, 6) is 1.38. The summed E-state index contributed by atoms with van der Waals surface area (Å²) in [5, 5.41) is 12.7. The molecule has 2 N–H and O–H groups in total. The summed E-state index contributed by atoms with van der Waals surface area (Å²) in [7, 11) is 0. The van der Waals surface area contributed by atoms with Crippen molar-refractivity contribution in [3.8, 4) is 11.5 Å². The van der Waals surface area contributed by atoms with Crippen LogP contribution in [0.4, 0.5) is 5.82 Å². The molecule has 2 aliphatic carbocycles. The molecule has 2 aromatic heterocycles. The molecule has 0 saturated heterocycles. The molecule has 2 heterocycles. The second-order valence-electron chi connectivity index (χ2n) is 7.67. The summed E-state index contributed by atoms with van der Waals surface area (Å²) in [6.45, 7) is 3.01. The zero-order valence-electron chi connectivity index (χ0n) is 15.5. The molecule has 2 saturated carbocycles. The summed E-state index contributed by atoms with van der Waals surface area (Å²) in [4.78, 5) is 26.7. The lowest BCUT2D eigenvalue weighted by molar-refractivity contribution is -0.139. The van der Waals surface area contributed by atoms with Gasteiger partial charge in [0, 0.05) is 36.6 Å². The minimum atomic E-state index is -0.738. The van der Waals surface area contributed by atoms with Crippen LogP contribution < -0.4 is 5.32 Å². The molecule has 0 bridgehead atoms. The number of nitrogens with one attached hydrogen (secondary N) is 1. The van der Waals surface area contributed by atoms with Crippen LogP contribution in [0.2, 0.25) is 0 Å². The van der Waals surface area contributed by atoms with Gasteiger partial charge in [-0.2, -0.15) is 0 Å². The van der Waals surface area contributed by atoms with Gasteiger partial charge in [-0.15, -0.1) is 0 Å². The number of pyridine rings is 1. The van der Waals surface area contributed by atoms with Crippen molar-refractivity contribution in [3.05, 3.63) is 36.2 Å². The first-order valence-electron chi connectivity index (χ1n) is 9.56. The second-order valence-corrected chi connectivity index (χ2v) is 7.67. The number of aryl methyl sites for hydroxylation is 1. The Kier molecular flexibility index (Phi) is 5.03. The smallest absolute Gasteiger partial charge is 0.317 e. The van der Waals surface area contributed by atoms with E-state index >= 15 is 0 Å². The molecule has 27 heavy (non-hydrogen) atoms. The van der Waals surface area contributed by atoms with E-state index in [1.807, 2.05) is 31.2 Å². The van der Waals surface area contributed by atoms with Gasteiger partial charge in [-0.25, -0.2) is 9.97 Å². The first-order chi connectivity index (χ1) is 13.1. The average Bonchev–Trinajstić information content (AvgIpc) is 3.41. The highest BCUT2D eigenvalue weighted by Gasteiger charge is 2.37. The highest BCUT2D eigenvalue weighted by Crippen LogP contribution is 2.34. The van der Waals surface area contributed by atoms with Gasteiger partial charge < -0.3 is 10.4 Å². The lowest BCUT2D eigenvalue weighted by atomic mass is 9.85. The molecular formula is C20H25N5O2. The molecule has 142 valence electrons. The fourth-order valence-electron chi connectivity index (χ4n) is 3.61. The monoisotopic (exact) mass is 367 g/mol.